The fraction of sp³-hybridized carbons (Fsp3) is 0.444. The Morgan fingerprint density at radius 3 is 2.67 bits per heavy atom. The van der Waals surface area contributed by atoms with Gasteiger partial charge in [0.05, 0.1) is 0 Å². The van der Waals surface area contributed by atoms with Gasteiger partial charge < -0.3 is 10.1 Å². The summed E-state index contributed by atoms with van der Waals surface area (Å²) < 4.78 is 0. The summed E-state index contributed by atoms with van der Waals surface area (Å²) in [6, 6.07) is 2.76. The molecule has 0 aliphatic rings. The number of nitrogens with one attached hydrogen (secondary N) is 1. The van der Waals surface area contributed by atoms with E-state index < -0.39 is 0 Å². The third kappa shape index (κ3) is 2.42. The van der Waals surface area contributed by atoms with Gasteiger partial charge >= 0.3 is 0 Å². The maximum atomic E-state index is 10.9. The Balaban J connectivity index is 2.93. The van der Waals surface area contributed by atoms with E-state index in [0.717, 1.165) is 12.1 Å². The number of rotatable bonds is 2. The highest BCUT2D eigenvalue weighted by molar-refractivity contribution is 5.20. The van der Waals surface area contributed by atoms with Crippen LogP contribution in [0, 0.1) is 5.92 Å². The Labute approximate surface area is 71.1 Å². The highest BCUT2D eigenvalue weighted by Gasteiger charge is 2.00. The van der Waals surface area contributed by atoms with Crippen molar-refractivity contribution < 1.29 is 5.11 Å². The SMILES string of the molecule is CC(C)Cc1cc(O)cc(=O)[nH]1. The van der Waals surface area contributed by atoms with Gasteiger partial charge in [-0.25, -0.2) is 0 Å². The molecule has 1 aromatic rings. The lowest BCUT2D eigenvalue weighted by Crippen LogP contribution is -2.08. The first-order valence-electron chi connectivity index (χ1n) is 4.00. The highest BCUT2D eigenvalue weighted by Crippen LogP contribution is 2.09. The van der Waals surface area contributed by atoms with E-state index in [9.17, 15) is 4.79 Å². The molecule has 1 aromatic heterocycles. The number of hydrogen-bond acceptors (Lipinski definition) is 2. The summed E-state index contributed by atoms with van der Waals surface area (Å²) in [5.41, 5.74) is 0.542. The molecule has 3 heteroatoms. The lowest BCUT2D eigenvalue weighted by Gasteiger charge is -2.03. The van der Waals surface area contributed by atoms with Gasteiger partial charge in [-0.05, 0) is 18.4 Å². The molecule has 0 fully saturated rings. The van der Waals surface area contributed by atoms with E-state index in [1.165, 1.54) is 6.07 Å². The van der Waals surface area contributed by atoms with Crippen molar-refractivity contribution in [1.82, 2.24) is 4.98 Å². The third-order valence-corrected chi connectivity index (χ3v) is 1.51. The first-order valence-corrected chi connectivity index (χ1v) is 4.00. The molecule has 1 rings (SSSR count). The van der Waals surface area contributed by atoms with Gasteiger partial charge in [0.15, 0.2) is 0 Å². The van der Waals surface area contributed by atoms with Crippen molar-refractivity contribution in [3.63, 3.8) is 0 Å². The number of aromatic hydroxyl groups is 1. The van der Waals surface area contributed by atoms with Crippen LogP contribution in [0.1, 0.15) is 19.5 Å². The van der Waals surface area contributed by atoms with Crippen molar-refractivity contribution in [3.05, 3.63) is 28.2 Å². The molecule has 0 saturated heterocycles. The molecule has 1 heterocycles. The summed E-state index contributed by atoms with van der Waals surface area (Å²) in [6.07, 6.45) is 0.781. The Morgan fingerprint density at radius 2 is 2.17 bits per heavy atom. The monoisotopic (exact) mass is 167 g/mol. The van der Waals surface area contributed by atoms with E-state index in [4.69, 9.17) is 5.11 Å². The van der Waals surface area contributed by atoms with Crippen molar-refractivity contribution in [2.24, 2.45) is 5.92 Å². The average Bonchev–Trinajstić information content (AvgIpc) is 1.81. The van der Waals surface area contributed by atoms with Crippen LogP contribution in [0.15, 0.2) is 16.9 Å². The van der Waals surface area contributed by atoms with Crippen molar-refractivity contribution in [1.29, 1.82) is 0 Å². The van der Waals surface area contributed by atoms with Gasteiger partial charge in [0.2, 0.25) is 0 Å². The number of H-pyrrole nitrogens is 1. The number of hydrogen-bond donors (Lipinski definition) is 2. The van der Waals surface area contributed by atoms with Gasteiger partial charge in [-0.1, -0.05) is 13.8 Å². The normalized spacial score (nSPS) is 10.6. The molecule has 12 heavy (non-hydrogen) atoms. The Morgan fingerprint density at radius 1 is 1.50 bits per heavy atom. The maximum Gasteiger partial charge on any atom is 0.251 e. The molecule has 0 saturated carbocycles. The predicted molar refractivity (Wildman–Crippen MR) is 47.3 cm³/mol. The lowest BCUT2D eigenvalue weighted by molar-refractivity contribution is 0.471. The zero-order valence-electron chi connectivity index (χ0n) is 7.29. The van der Waals surface area contributed by atoms with E-state index in [2.05, 4.69) is 18.8 Å². The molecule has 2 N–H and O–H groups in total. The van der Waals surface area contributed by atoms with E-state index >= 15 is 0 Å². The third-order valence-electron chi connectivity index (χ3n) is 1.51. The number of aromatic amines is 1. The minimum atomic E-state index is -0.245. The molecule has 0 spiro atoms. The summed E-state index contributed by atoms with van der Waals surface area (Å²) in [7, 11) is 0. The largest absolute Gasteiger partial charge is 0.508 e. The maximum absolute atomic E-state index is 10.9. The first kappa shape index (κ1) is 8.84. The minimum Gasteiger partial charge on any atom is -0.508 e. The summed E-state index contributed by atoms with van der Waals surface area (Å²) >= 11 is 0. The standard InChI is InChI=1S/C9H13NO2/c1-6(2)3-7-4-8(11)5-9(12)10-7/h4-6H,3H2,1-2H3,(H2,10,11,12). The second-order valence-corrected chi connectivity index (χ2v) is 3.33. The molecular formula is C9H13NO2. The van der Waals surface area contributed by atoms with Gasteiger partial charge in [0, 0.05) is 11.8 Å². The molecule has 0 unspecified atom stereocenters. The minimum absolute atomic E-state index is 0.0365. The first-order chi connectivity index (χ1) is 5.58. The van der Waals surface area contributed by atoms with Crippen LogP contribution in [-0.4, -0.2) is 10.1 Å². The second kappa shape index (κ2) is 3.43. The molecule has 0 aliphatic heterocycles. The van der Waals surface area contributed by atoms with Gasteiger partial charge in [-0.2, -0.15) is 0 Å². The summed E-state index contributed by atoms with van der Waals surface area (Å²) in [5.74, 6) is 0.511. The highest BCUT2D eigenvalue weighted by atomic mass is 16.3. The van der Waals surface area contributed by atoms with E-state index in [-0.39, 0.29) is 11.3 Å². The van der Waals surface area contributed by atoms with E-state index in [1.54, 1.807) is 6.07 Å². The van der Waals surface area contributed by atoms with E-state index in [1.807, 2.05) is 0 Å². The Hall–Kier alpha value is -1.25. The Bertz CT molecular complexity index is 315. The van der Waals surface area contributed by atoms with Gasteiger partial charge in [0.1, 0.15) is 5.75 Å². The summed E-state index contributed by atoms with van der Waals surface area (Å²) in [4.78, 5) is 13.5. The van der Waals surface area contributed by atoms with Crippen molar-refractivity contribution in [3.8, 4) is 5.75 Å². The quantitative estimate of drug-likeness (QED) is 0.697. The van der Waals surface area contributed by atoms with Crippen molar-refractivity contribution >= 4 is 0 Å². The van der Waals surface area contributed by atoms with Gasteiger partial charge in [0.25, 0.3) is 5.56 Å². The van der Waals surface area contributed by atoms with Crippen LogP contribution in [0.5, 0.6) is 5.75 Å². The molecule has 0 radical (unpaired) electrons. The number of pyridine rings is 1. The van der Waals surface area contributed by atoms with Crippen LogP contribution in [0.3, 0.4) is 0 Å². The Kier molecular flexibility index (Phi) is 2.53. The average molecular weight is 167 g/mol. The van der Waals surface area contributed by atoms with Gasteiger partial charge in [-0.15, -0.1) is 0 Å². The van der Waals surface area contributed by atoms with Crippen LogP contribution < -0.4 is 5.56 Å². The van der Waals surface area contributed by atoms with Gasteiger partial charge in [-0.3, -0.25) is 4.79 Å². The zero-order chi connectivity index (χ0) is 9.14. The van der Waals surface area contributed by atoms with Crippen LogP contribution in [-0.2, 0) is 6.42 Å². The van der Waals surface area contributed by atoms with Crippen LogP contribution >= 0.6 is 0 Å². The predicted octanol–water partition coefficient (Wildman–Crippen LogP) is 1.28. The van der Waals surface area contributed by atoms with Crippen molar-refractivity contribution in [2.45, 2.75) is 20.3 Å². The summed E-state index contributed by atoms with van der Waals surface area (Å²) in [5, 5.41) is 9.09. The molecule has 0 aliphatic carbocycles. The molecule has 66 valence electrons. The van der Waals surface area contributed by atoms with Crippen LogP contribution in [0.2, 0.25) is 0 Å². The van der Waals surface area contributed by atoms with Crippen molar-refractivity contribution in [2.75, 3.05) is 0 Å². The fourth-order valence-corrected chi connectivity index (χ4v) is 1.13. The topological polar surface area (TPSA) is 53.1 Å². The van der Waals surface area contributed by atoms with Crippen LogP contribution in [0.4, 0.5) is 0 Å². The molecule has 0 aromatic carbocycles. The molecule has 0 atom stereocenters. The zero-order valence-corrected chi connectivity index (χ0v) is 7.29. The smallest absolute Gasteiger partial charge is 0.251 e. The van der Waals surface area contributed by atoms with E-state index in [0.29, 0.717) is 5.92 Å². The molecule has 0 amide bonds. The second-order valence-electron chi connectivity index (χ2n) is 3.33. The molecule has 0 bridgehead atoms. The molecular weight excluding hydrogens is 154 g/mol. The molecule has 3 nitrogen and oxygen atoms in total. The lowest BCUT2D eigenvalue weighted by atomic mass is 10.1. The fourth-order valence-electron chi connectivity index (χ4n) is 1.13. The summed E-state index contributed by atoms with van der Waals surface area (Å²) in [6.45, 7) is 4.12. The van der Waals surface area contributed by atoms with Crippen LogP contribution in [0.25, 0.3) is 0 Å². The number of aromatic nitrogens is 1.